The third-order valence-corrected chi connectivity index (χ3v) is 6.28. The number of ether oxygens (including phenoxy) is 1. The molecule has 2 aromatic carbocycles. The minimum Gasteiger partial charge on any atom is -0.487 e. The molecule has 0 fully saturated rings. The lowest BCUT2D eigenvalue weighted by molar-refractivity contribution is -0.375. The smallest absolute Gasteiger partial charge is 0.435 e. The Labute approximate surface area is 189 Å². The summed E-state index contributed by atoms with van der Waals surface area (Å²) in [4.78, 5) is 0. The zero-order valence-electron chi connectivity index (χ0n) is 17.5. The molecular formula is C23H20F6O3S. The van der Waals surface area contributed by atoms with E-state index in [1.165, 1.54) is 25.5 Å². The molecule has 0 saturated heterocycles. The van der Waals surface area contributed by atoms with Crippen molar-refractivity contribution in [1.29, 1.82) is 0 Å². The number of hydrogen-bond acceptors (Lipinski definition) is 4. The summed E-state index contributed by atoms with van der Waals surface area (Å²) in [7, 11) is 1.33. The van der Waals surface area contributed by atoms with Crippen molar-refractivity contribution < 1.29 is 41.3 Å². The number of aryl methyl sites for hydroxylation is 1. The first-order valence-corrected chi connectivity index (χ1v) is 10.6. The molecule has 1 heterocycles. The highest BCUT2D eigenvalue weighted by molar-refractivity contribution is 7.13. The van der Waals surface area contributed by atoms with Crippen molar-refractivity contribution in [2.24, 2.45) is 0 Å². The molecule has 33 heavy (non-hydrogen) atoms. The van der Waals surface area contributed by atoms with Gasteiger partial charge in [-0.1, -0.05) is 49.4 Å². The van der Waals surface area contributed by atoms with E-state index in [1.807, 2.05) is 0 Å². The molecule has 0 saturated carbocycles. The van der Waals surface area contributed by atoms with Crippen LogP contribution in [-0.4, -0.2) is 29.6 Å². The van der Waals surface area contributed by atoms with Crippen LogP contribution in [0.2, 0.25) is 0 Å². The fourth-order valence-corrected chi connectivity index (χ4v) is 4.64. The Balaban J connectivity index is 2.40. The highest BCUT2D eigenvalue weighted by atomic mass is 32.1. The second-order valence-electron chi connectivity index (χ2n) is 7.26. The van der Waals surface area contributed by atoms with Crippen LogP contribution in [0, 0.1) is 0 Å². The standard InChI is InChI=1S/C23H20F6O3S/c1-3-14-5-4-6-16(19(14)21(24,22(25,26)27)23(28,29)31)17-12-33-20(32-2)18(17)15-9-7-13(11-30)8-10-15/h4-10,12,30-31H,3,11H2,1-2H3. The van der Waals surface area contributed by atoms with Crippen LogP contribution >= 0.6 is 11.3 Å². The van der Waals surface area contributed by atoms with Gasteiger partial charge in [0.1, 0.15) is 0 Å². The Hall–Kier alpha value is -2.56. The SMILES string of the molecule is CCc1cccc(-c2csc(OC)c2-c2ccc(CO)cc2)c1C(F)(C(O)(F)F)C(F)(F)F. The molecule has 0 amide bonds. The van der Waals surface area contributed by atoms with Crippen LogP contribution in [0.25, 0.3) is 22.3 Å². The molecule has 0 bridgehead atoms. The average Bonchev–Trinajstić information content (AvgIpc) is 3.20. The van der Waals surface area contributed by atoms with Crippen LogP contribution in [0.4, 0.5) is 26.3 Å². The highest BCUT2D eigenvalue weighted by Crippen LogP contribution is 2.56. The number of aliphatic hydroxyl groups is 2. The molecule has 3 rings (SSSR count). The van der Waals surface area contributed by atoms with Gasteiger partial charge in [-0.3, -0.25) is 0 Å². The molecule has 0 aliphatic heterocycles. The van der Waals surface area contributed by atoms with E-state index in [-0.39, 0.29) is 34.8 Å². The fraction of sp³-hybridized carbons (Fsp3) is 0.304. The Bertz CT molecular complexity index is 1100. The van der Waals surface area contributed by atoms with E-state index in [9.17, 15) is 27.1 Å². The summed E-state index contributed by atoms with van der Waals surface area (Å²) in [6, 6.07) is 9.88. The highest BCUT2D eigenvalue weighted by Gasteiger charge is 2.73. The number of halogens is 6. The van der Waals surface area contributed by atoms with Crippen LogP contribution in [0.15, 0.2) is 47.8 Å². The molecule has 1 atom stereocenters. The number of hydrogen-bond donors (Lipinski definition) is 2. The summed E-state index contributed by atoms with van der Waals surface area (Å²) in [6.07, 6.45) is -12.1. The van der Waals surface area contributed by atoms with Gasteiger partial charge in [0.2, 0.25) is 0 Å². The molecule has 3 aromatic rings. The quantitative estimate of drug-likeness (QED) is 0.374. The van der Waals surface area contributed by atoms with Gasteiger partial charge in [-0.15, -0.1) is 11.3 Å². The third-order valence-electron chi connectivity index (χ3n) is 5.34. The Morgan fingerprint density at radius 1 is 0.939 bits per heavy atom. The molecule has 0 spiro atoms. The van der Waals surface area contributed by atoms with Gasteiger partial charge in [0, 0.05) is 22.1 Å². The maximum atomic E-state index is 15.5. The zero-order chi connectivity index (χ0) is 24.6. The van der Waals surface area contributed by atoms with E-state index in [0.29, 0.717) is 11.1 Å². The first kappa shape index (κ1) is 25.1. The van der Waals surface area contributed by atoms with Gasteiger partial charge in [-0.25, -0.2) is 4.39 Å². The molecule has 2 N–H and O–H groups in total. The van der Waals surface area contributed by atoms with Crippen LogP contribution in [0.1, 0.15) is 23.6 Å². The summed E-state index contributed by atoms with van der Waals surface area (Å²) in [5, 5.41) is 20.1. The van der Waals surface area contributed by atoms with E-state index >= 15 is 4.39 Å². The van der Waals surface area contributed by atoms with Gasteiger partial charge in [-0.05, 0) is 28.7 Å². The van der Waals surface area contributed by atoms with Crippen molar-refractivity contribution >= 4 is 11.3 Å². The molecule has 178 valence electrons. The van der Waals surface area contributed by atoms with E-state index in [0.717, 1.165) is 23.5 Å². The predicted octanol–water partition coefficient (Wildman–Crippen LogP) is 6.46. The topological polar surface area (TPSA) is 49.7 Å². The molecule has 3 nitrogen and oxygen atoms in total. The second kappa shape index (κ2) is 9.00. The third kappa shape index (κ3) is 4.22. The second-order valence-corrected chi connectivity index (χ2v) is 8.10. The van der Waals surface area contributed by atoms with Crippen molar-refractivity contribution in [2.75, 3.05) is 7.11 Å². The molecule has 0 aliphatic carbocycles. The van der Waals surface area contributed by atoms with E-state index in [2.05, 4.69) is 0 Å². The maximum Gasteiger partial charge on any atom is 0.435 e. The fourth-order valence-electron chi connectivity index (χ4n) is 3.73. The normalized spacial score (nSPS) is 14.2. The first-order chi connectivity index (χ1) is 15.4. The van der Waals surface area contributed by atoms with Crippen molar-refractivity contribution in [1.82, 2.24) is 0 Å². The van der Waals surface area contributed by atoms with Crippen LogP contribution < -0.4 is 4.74 Å². The van der Waals surface area contributed by atoms with Crippen molar-refractivity contribution in [2.45, 2.75) is 37.9 Å². The lowest BCUT2D eigenvalue weighted by atomic mass is 9.81. The number of alkyl halides is 6. The summed E-state index contributed by atoms with van der Waals surface area (Å²) in [5.74, 6) is 0. The molecule has 10 heteroatoms. The number of rotatable bonds is 7. The number of thiophene rings is 1. The van der Waals surface area contributed by atoms with E-state index < -0.39 is 29.1 Å². The molecular weight excluding hydrogens is 470 g/mol. The lowest BCUT2D eigenvalue weighted by Crippen LogP contribution is -2.53. The summed E-state index contributed by atoms with van der Waals surface area (Å²) >= 11 is 0.998. The monoisotopic (exact) mass is 490 g/mol. The summed E-state index contributed by atoms with van der Waals surface area (Å²) in [6.45, 7) is 1.16. The van der Waals surface area contributed by atoms with Gasteiger partial charge >= 0.3 is 18.0 Å². The Morgan fingerprint density at radius 3 is 2.06 bits per heavy atom. The van der Waals surface area contributed by atoms with Crippen molar-refractivity contribution in [3.05, 3.63) is 64.5 Å². The summed E-state index contributed by atoms with van der Waals surface area (Å²) in [5.41, 5.74) is -6.13. The van der Waals surface area contributed by atoms with Crippen LogP contribution in [0.3, 0.4) is 0 Å². The maximum absolute atomic E-state index is 15.5. The number of methoxy groups -OCH3 is 1. The molecule has 1 aromatic heterocycles. The summed E-state index contributed by atoms with van der Waals surface area (Å²) < 4.78 is 90.2. The van der Waals surface area contributed by atoms with Gasteiger partial charge in [0.15, 0.2) is 5.06 Å². The largest absolute Gasteiger partial charge is 0.487 e. The average molecular weight is 490 g/mol. The van der Waals surface area contributed by atoms with Gasteiger partial charge < -0.3 is 14.9 Å². The van der Waals surface area contributed by atoms with Gasteiger partial charge in [0.25, 0.3) is 0 Å². The molecule has 0 aliphatic rings. The number of aliphatic hydroxyl groups excluding tert-OH is 1. The zero-order valence-corrected chi connectivity index (χ0v) is 18.3. The van der Waals surface area contributed by atoms with E-state index in [4.69, 9.17) is 9.84 Å². The predicted molar refractivity (Wildman–Crippen MR) is 113 cm³/mol. The van der Waals surface area contributed by atoms with E-state index in [1.54, 1.807) is 24.3 Å². The van der Waals surface area contributed by atoms with Crippen molar-refractivity contribution in [3.63, 3.8) is 0 Å². The minimum atomic E-state index is -6.12. The molecule has 1 unspecified atom stereocenters. The Kier molecular flexibility index (Phi) is 6.84. The molecule has 0 radical (unpaired) electrons. The van der Waals surface area contributed by atoms with Crippen LogP contribution in [0.5, 0.6) is 5.06 Å². The van der Waals surface area contributed by atoms with Crippen molar-refractivity contribution in [3.8, 4) is 27.3 Å². The van der Waals surface area contributed by atoms with Gasteiger partial charge in [0.05, 0.1) is 13.7 Å². The van der Waals surface area contributed by atoms with Crippen LogP contribution in [-0.2, 0) is 18.7 Å². The lowest BCUT2D eigenvalue weighted by Gasteiger charge is -2.34. The number of benzene rings is 2. The van der Waals surface area contributed by atoms with Gasteiger partial charge in [-0.2, -0.15) is 22.0 Å². The first-order valence-electron chi connectivity index (χ1n) is 9.74. The Morgan fingerprint density at radius 2 is 1.58 bits per heavy atom. The minimum absolute atomic E-state index is 0.0365.